The maximum Gasteiger partial charge on any atom is 0.117 e. The Morgan fingerprint density at radius 2 is 1.88 bits per heavy atom. The first-order chi connectivity index (χ1) is 11.8. The number of hydrogen-bond acceptors (Lipinski definition) is 4. The molecule has 5 heterocycles. The summed E-state index contributed by atoms with van der Waals surface area (Å²) in [7, 11) is 0. The topological polar surface area (TPSA) is 32.8 Å². The van der Waals surface area contributed by atoms with Gasteiger partial charge in [-0.2, -0.15) is 0 Å². The summed E-state index contributed by atoms with van der Waals surface area (Å²) >= 11 is 0. The van der Waals surface area contributed by atoms with E-state index in [0.29, 0.717) is 17.9 Å². The van der Waals surface area contributed by atoms with Crippen molar-refractivity contribution >= 4 is 0 Å². The van der Waals surface area contributed by atoms with E-state index in [0.717, 1.165) is 37.7 Å². The van der Waals surface area contributed by atoms with E-state index in [1.54, 1.807) is 12.5 Å². The smallest absolute Gasteiger partial charge is 0.117 e. The van der Waals surface area contributed by atoms with Gasteiger partial charge in [0.1, 0.15) is 11.5 Å². The minimum Gasteiger partial charge on any atom is -0.468 e. The van der Waals surface area contributed by atoms with Gasteiger partial charge in [0.15, 0.2) is 0 Å². The van der Waals surface area contributed by atoms with Gasteiger partial charge in [0.2, 0.25) is 0 Å². The van der Waals surface area contributed by atoms with E-state index in [4.69, 9.17) is 15.3 Å². The first-order valence-corrected chi connectivity index (χ1v) is 8.79. The largest absolute Gasteiger partial charge is 0.468 e. The number of nitrogens with zero attached hydrogens (tertiary/aromatic N) is 2. The van der Waals surface area contributed by atoms with Crippen molar-refractivity contribution in [1.82, 2.24) is 9.80 Å². The zero-order chi connectivity index (χ0) is 16.4. The second-order valence-corrected chi connectivity index (χ2v) is 7.03. The maximum absolute atomic E-state index is 5.71. The molecular weight excluding hydrogens is 300 g/mol. The van der Waals surface area contributed by atoms with Crippen LogP contribution in [0.5, 0.6) is 0 Å². The molecule has 0 radical (unpaired) electrons. The fourth-order valence-electron chi connectivity index (χ4n) is 4.25. The third kappa shape index (κ3) is 3.28. The van der Waals surface area contributed by atoms with Gasteiger partial charge in [-0.3, -0.25) is 9.80 Å². The summed E-state index contributed by atoms with van der Waals surface area (Å²) in [5.41, 5.74) is 0. The van der Waals surface area contributed by atoms with Crippen molar-refractivity contribution in [3.05, 3.63) is 48.3 Å². The molecule has 3 aliphatic heterocycles. The van der Waals surface area contributed by atoms with Crippen LogP contribution in [0.1, 0.15) is 24.4 Å². The van der Waals surface area contributed by atoms with E-state index in [9.17, 15) is 0 Å². The molecule has 2 bridgehead atoms. The predicted octanol–water partition coefficient (Wildman–Crippen LogP) is 3.22. The first-order valence-electron chi connectivity index (χ1n) is 8.79. The van der Waals surface area contributed by atoms with Crippen LogP contribution in [0.3, 0.4) is 0 Å². The third-order valence-corrected chi connectivity index (χ3v) is 5.48. The zero-order valence-corrected chi connectivity index (χ0v) is 13.9. The summed E-state index contributed by atoms with van der Waals surface area (Å²) in [5.74, 6) is 6.13. The second kappa shape index (κ2) is 6.88. The molecule has 3 aliphatic rings. The summed E-state index contributed by atoms with van der Waals surface area (Å²) in [5, 5.41) is 0. The molecule has 3 fully saturated rings. The number of hydrogen-bond donors (Lipinski definition) is 0. The van der Waals surface area contributed by atoms with E-state index in [1.165, 1.54) is 19.4 Å². The highest BCUT2D eigenvalue weighted by Crippen LogP contribution is 2.36. The van der Waals surface area contributed by atoms with E-state index >= 15 is 0 Å². The van der Waals surface area contributed by atoms with Crippen molar-refractivity contribution in [2.75, 3.05) is 19.6 Å². The molecule has 4 nitrogen and oxygen atoms in total. The summed E-state index contributed by atoms with van der Waals surface area (Å²) in [6.45, 7) is 4.88. The molecule has 4 heteroatoms. The van der Waals surface area contributed by atoms with Crippen molar-refractivity contribution in [2.45, 2.75) is 32.0 Å². The van der Waals surface area contributed by atoms with Crippen molar-refractivity contribution in [2.24, 2.45) is 11.8 Å². The van der Waals surface area contributed by atoms with Crippen LogP contribution >= 0.6 is 0 Å². The Labute approximate surface area is 143 Å². The monoisotopic (exact) mass is 324 g/mol. The van der Waals surface area contributed by atoms with E-state index < -0.39 is 0 Å². The van der Waals surface area contributed by atoms with Gasteiger partial charge in [-0.15, -0.1) is 12.3 Å². The zero-order valence-electron chi connectivity index (χ0n) is 13.9. The molecular formula is C20H24N2O2. The Kier molecular flexibility index (Phi) is 4.46. The van der Waals surface area contributed by atoms with E-state index in [-0.39, 0.29) is 0 Å². The van der Waals surface area contributed by atoms with Crippen molar-refractivity contribution in [3.8, 4) is 12.3 Å². The molecule has 4 unspecified atom stereocenters. The normalized spacial score (nSPS) is 29.0. The maximum atomic E-state index is 5.71. The van der Waals surface area contributed by atoms with Crippen LogP contribution in [0.4, 0.5) is 0 Å². The Bertz CT molecular complexity index is 635. The highest BCUT2D eigenvalue weighted by atomic mass is 16.3. The fraction of sp³-hybridized carbons (Fsp3) is 0.500. The van der Waals surface area contributed by atoms with Gasteiger partial charge in [-0.05, 0) is 49.6 Å². The Morgan fingerprint density at radius 3 is 2.38 bits per heavy atom. The average Bonchev–Trinajstić information content (AvgIpc) is 3.29. The molecule has 24 heavy (non-hydrogen) atoms. The van der Waals surface area contributed by atoms with Crippen molar-refractivity contribution in [1.29, 1.82) is 0 Å². The molecule has 0 aliphatic carbocycles. The summed E-state index contributed by atoms with van der Waals surface area (Å²) in [6, 6.07) is 8.56. The van der Waals surface area contributed by atoms with Crippen LogP contribution < -0.4 is 0 Å². The van der Waals surface area contributed by atoms with Gasteiger partial charge in [0.05, 0.1) is 25.6 Å². The summed E-state index contributed by atoms with van der Waals surface area (Å²) in [4.78, 5) is 5.01. The minimum atomic E-state index is 0.443. The predicted molar refractivity (Wildman–Crippen MR) is 91.9 cm³/mol. The molecule has 0 amide bonds. The molecule has 126 valence electrons. The Morgan fingerprint density at radius 1 is 1.17 bits per heavy atom. The lowest BCUT2D eigenvalue weighted by Crippen LogP contribution is -2.56. The second-order valence-electron chi connectivity index (χ2n) is 7.03. The highest BCUT2D eigenvalue weighted by Gasteiger charge is 2.39. The van der Waals surface area contributed by atoms with Gasteiger partial charge in [0, 0.05) is 25.0 Å². The van der Waals surface area contributed by atoms with Crippen molar-refractivity contribution in [3.63, 3.8) is 0 Å². The van der Waals surface area contributed by atoms with Crippen molar-refractivity contribution < 1.29 is 8.83 Å². The lowest BCUT2D eigenvalue weighted by molar-refractivity contribution is 0.00105. The molecule has 2 aromatic rings. The molecule has 5 rings (SSSR count). The Balaban J connectivity index is 1.44. The SMILES string of the molecule is C#CC1CN2CCC1CC2CN(Cc1ccco1)Cc1ccco1. The van der Waals surface area contributed by atoms with Gasteiger partial charge < -0.3 is 8.83 Å². The minimum absolute atomic E-state index is 0.443. The fourth-order valence-corrected chi connectivity index (χ4v) is 4.25. The van der Waals surface area contributed by atoms with Crippen LogP contribution in [0.2, 0.25) is 0 Å². The van der Waals surface area contributed by atoms with E-state index in [2.05, 4.69) is 15.7 Å². The molecule has 4 atom stereocenters. The number of fused-ring (bicyclic) bond motifs is 3. The van der Waals surface area contributed by atoms with Gasteiger partial charge in [-0.1, -0.05) is 0 Å². The highest BCUT2D eigenvalue weighted by molar-refractivity contribution is 5.06. The first kappa shape index (κ1) is 15.6. The number of piperidine rings is 3. The molecule has 0 spiro atoms. The molecule has 0 aromatic carbocycles. The van der Waals surface area contributed by atoms with Crippen LogP contribution in [0.15, 0.2) is 45.6 Å². The number of rotatable bonds is 6. The lowest BCUT2D eigenvalue weighted by atomic mass is 9.76. The third-order valence-electron chi connectivity index (χ3n) is 5.48. The van der Waals surface area contributed by atoms with Gasteiger partial charge in [0.25, 0.3) is 0 Å². The molecule has 0 saturated carbocycles. The standard InChI is InChI=1S/C20H24N2O2/c1-2-16-12-22-8-7-17(16)11-18(22)13-21(14-19-5-3-9-23-19)15-20-6-4-10-24-20/h1,3-6,9-10,16-18H,7-8,11-15H2. The molecule has 0 N–H and O–H groups in total. The Hall–Kier alpha value is -1.96. The molecule has 2 aromatic heterocycles. The van der Waals surface area contributed by atoms with Crippen LogP contribution in [0.25, 0.3) is 0 Å². The molecule has 3 saturated heterocycles. The van der Waals surface area contributed by atoms with Crippen LogP contribution in [-0.4, -0.2) is 35.5 Å². The summed E-state index contributed by atoms with van der Waals surface area (Å²) < 4.78 is 11.1. The lowest BCUT2D eigenvalue weighted by Gasteiger charge is -2.49. The summed E-state index contributed by atoms with van der Waals surface area (Å²) in [6.07, 6.45) is 11.6. The van der Waals surface area contributed by atoms with Gasteiger partial charge in [-0.25, -0.2) is 0 Å². The quantitative estimate of drug-likeness (QED) is 0.764. The number of furan rings is 2. The van der Waals surface area contributed by atoms with Crippen LogP contribution in [0, 0.1) is 24.2 Å². The average molecular weight is 324 g/mol. The van der Waals surface area contributed by atoms with E-state index in [1.807, 2.05) is 24.3 Å². The van der Waals surface area contributed by atoms with Gasteiger partial charge >= 0.3 is 0 Å². The number of terminal acetylenes is 1. The van der Waals surface area contributed by atoms with Crippen LogP contribution in [-0.2, 0) is 13.1 Å².